The smallest absolute Gasteiger partial charge is 0.217 e. The average molecular weight is 335 g/mol. The molecule has 4 N–H and O–H groups in total. The summed E-state index contributed by atoms with van der Waals surface area (Å²) in [5, 5.41) is 32.5. The molecule has 8 heteroatoms. The van der Waals surface area contributed by atoms with E-state index >= 15 is 0 Å². The third-order valence-electron chi connectivity index (χ3n) is 4.50. The largest absolute Gasteiger partial charge is 0.414 e. The van der Waals surface area contributed by atoms with Crippen molar-refractivity contribution in [3.05, 3.63) is 0 Å². The molecule has 1 rings (SSSR count). The quantitative estimate of drug-likeness (QED) is 0.537. The molecule has 0 aromatic carbocycles. The van der Waals surface area contributed by atoms with Crippen molar-refractivity contribution in [2.75, 3.05) is 6.61 Å². The summed E-state index contributed by atoms with van der Waals surface area (Å²) < 4.78 is 11.3. The summed E-state index contributed by atoms with van der Waals surface area (Å²) in [6, 6.07) is -1.06. The van der Waals surface area contributed by atoms with E-state index in [9.17, 15) is 20.1 Å². The Kier molecular flexibility index (Phi) is 6.16. The fourth-order valence-corrected chi connectivity index (χ4v) is 3.00. The Labute approximate surface area is 132 Å². The van der Waals surface area contributed by atoms with Gasteiger partial charge < -0.3 is 29.8 Å². The van der Waals surface area contributed by atoms with Crippen LogP contribution in [0, 0.1) is 0 Å². The monoisotopic (exact) mass is 335 g/mol. The molecule has 0 aromatic heterocycles. The van der Waals surface area contributed by atoms with Crippen LogP contribution in [-0.4, -0.2) is 66.8 Å². The first-order valence-electron chi connectivity index (χ1n) is 7.47. The lowest BCUT2D eigenvalue weighted by atomic mass is 9.97. The molecule has 130 valence electrons. The van der Waals surface area contributed by atoms with Crippen LogP contribution in [0.2, 0.25) is 18.1 Å². The fraction of sp³-hybridized carbons (Fsp3) is 0.929. The predicted octanol–water partition coefficient (Wildman–Crippen LogP) is -0.0481. The summed E-state index contributed by atoms with van der Waals surface area (Å²) in [5.74, 6) is -0.421. The number of ether oxygens (including phenoxy) is 1. The number of rotatable bonds is 4. The van der Waals surface area contributed by atoms with Crippen LogP contribution in [0.15, 0.2) is 0 Å². The van der Waals surface area contributed by atoms with Gasteiger partial charge in [-0.15, -0.1) is 0 Å². The first kappa shape index (κ1) is 19.5. The van der Waals surface area contributed by atoms with Gasteiger partial charge in [-0.25, -0.2) is 0 Å². The Balaban J connectivity index is 2.70. The molecular weight excluding hydrogens is 306 g/mol. The minimum atomic E-state index is -2.03. The van der Waals surface area contributed by atoms with E-state index < -0.39 is 44.9 Å². The predicted molar refractivity (Wildman–Crippen MR) is 83.6 cm³/mol. The van der Waals surface area contributed by atoms with Gasteiger partial charge in [0.15, 0.2) is 14.6 Å². The zero-order valence-corrected chi connectivity index (χ0v) is 15.2. The maximum absolute atomic E-state index is 11.1. The van der Waals surface area contributed by atoms with E-state index in [4.69, 9.17) is 9.16 Å². The highest BCUT2D eigenvalue weighted by Gasteiger charge is 2.46. The number of carbonyl (C=O) groups is 1. The van der Waals surface area contributed by atoms with Crippen LogP contribution in [0.3, 0.4) is 0 Å². The molecule has 1 amide bonds. The van der Waals surface area contributed by atoms with Crippen molar-refractivity contribution in [3.8, 4) is 0 Å². The fourth-order valence-electron chi connectivity index (χ4n) is 1.98. The summed E-state index contributed by atoms with van der Waals surface area (Å²) in [5.41, 5.74) is 0. The van der Waals surface area contributed by atoms with Crippen LogP contribution >= 0.6 is 0 Å². The van der Waals surface area contributed by atoms with E-state index in [1.807, 2.05) is 0 Å². The number of aliphatic hydroxyl groups excluding tert-OH is 3. The van der Waals surface area contributed by atoms with Gasteiger partial charge in [0.25, 0.3) is 0 Å². The normalized spacial score (nSPS) is 33.6. The molecule has 7 nitrogen and oxygen atoms in total. The van der Waals surface area contributed by atoms with Gasteiger partial charge in [0.05, 0.1) is 6.61 Å². The van der Waals surface area contributed by atoms with Crippen molar-refractivity contribution in [1.29, 1.82) is 0 Å². The zero-order valence-electron chi connectivity index (χ0n) is 14.2. The molecule has 1 aliphatic rings. The van der Waals surface area contributed by atoms with E-state index in [1.54, 1.807) is 0 Å². The molecule has 0 saturated carbocycles. The number of amides is 1. The second kappa shape index (κ2) is 6.94. The van der Waals surface area contributed by atoms with Crippen molar-refractivity contribution < 1.29 is 29.3 Å². The molecule has 1 aliphatic heterocycles. The van der Waals surface area contributed by atoms with Gasteiger partial charge in [0.2, 0.25) is 5.91 Å². The van der Waals surface area contributed by atoms with E-state index in [0.717, 1.165) is 0 Å². The van der Waals surface area contributed by atoms with Crippen molar-refractivity contribution in [2.45, 2.75) is 76.5 Å². The SMILES string of the molecule is CC(=O)N[C@@H]1[C@@H](O)[C@H](O)[C@@H](CO[Si](C)(C)C(C)(C)C)O[C@H]1O. The first-order chi connectivity index (χ1) is 9.86. The van der Waals surface area contributed by atoms with Gasteiger partial charge in [0.1, 0.15) is 24.4 Å². The third kappa shape index (κ3) is 4.50. The van der Waals surface area contributed by atoms with Crippen LogP contribution in [-0.2, 0) is 14.0 Å². The maximum Gasteiger partial charge on any atom is 0.217 e. The van der Waals surface area contributed by atoms with Gasteiger partial charge in [-0.05, 0) is 18.1 Å². The molecule has 0 aliphatic carbocycles. The second-order valence-electron chi connectivity index (χ2n) is 7.34. The number of hydrogen-bond acceptors (Lipinski definition) is 6. The molecule has 5 atom stereocenters. The van der Waals surface area contributed by atoms with Gasteiger partial charge >= 0.3 is 0 Å². The zero-order chi connectivity index (χ0) is 17.3. The minimum Gasteiger partial charge on any atom is -0.414 e. The van der Waals surface area contributed by atoms with E-state index in [2.05, 4.69) is 39.2 Å². The Bertz CT molecular complexity index is 397. The first-order valence-corrected chi connectivity index (χ1v) is 10.4. The molecule has 1 saturated heterocycles. The molecule has 1 fully saturated rings. The highest BCUT2D eigenvalue weighted by molar-refractivity contribution is 6.74. The molecule has 0 radical (unpaired) electrons. The number of aliphatic hydroxyl groups is 3. The lowest BCUT2D eigenvalue weighted by Gasteiger charge is -2.43. The highest BCUT2D eigenvalue weighted by atomic mass is 28.4. The lowest BCUT2D eigenvalue weighted by molar-refractivity contribution is -0.252. The maximum atomic E-state index is 11.1. The summed E-state index contributed by atoms with van der Waals surface area (Å²) in [6.07, 6.45) is -4.80. The van der Waals surface area contributed by atoms with Crippen molar-refractivity contribution in [1.82, 2.24) is 5.32 Å². The Morgan fingerprint density at radius 2 is 1.77 bits per heavy atom. The molecule has 0 bridgehead atoms. The van der Waals surface area contributed by atoms with Gasteiger partial charge in [-0.3, -0.25) is 4.79 Å². The molecule has 1 heterocycles. The molecule has 0 aromatic rings. The molecule has 0 unspecified atom stereocenters. The van der Waals surface area contributed by atoms with Crippen LogP contribution in [0.25, 0.3) is 0 Å². The van der Waals surface area contributed by atoms with E-state index in [-0.39, 0.29) is 11.6 Å². The van der Waals surface area contributed by atoms with Gasteiger partial charge in [-0.2, -0.15) is 0 Å². The topological polar surface area (TPSA) is 108 Å². The summed E-state index contributed by atoms with van der Waals surface area (Å²) in [4.78, 5) is 11.1. The van der Waals surface area contributed by atoms with Crippen LogP contribution < -0.4 is 5.32 Å². The second-order valence-corrected chi connectivity index (χ2v) is 12.2. The summed E-state index contributed by atoms with van der Waals surface area (Å²) in [7, 11) is -2.03. The van der Waals surface area contributed by atoms with Crippen molar-refractivity contribution >= 4 is 14.2 Å². The standard InChI is InChI=1S/C14H29NO6Si/c1-8(16)15-10-12(18)11(17)9(21-13(10)19)7-20-22(5,6)14(2,3)4/h9-13,17-19H,7H2,1-6H3,(H,15,16)/t9-,10-,11-,12-,13-/m1/s1. The Morgan fingerprint density at radius 3 is 2.23 bits per heavy atom. The average Bonchev–Trinajstić information content (AvgIpc) is 2.35. The summed E-state index contributed by atoms with van der Waals surface area (Å²) >= 11 is 0. The number of carbonyl (C=O) groups excluding carboxylic acids is 1. The Hall–Kier alpha value is -0.513. The Morgan fingerprint density at radius 1 is 1.23 bits per heavy atom. The van der Waals surface area contributed by atoms with Crippen LogP contribution in [0.4, 0.5) is 0 Å². The molecule has 0 spiro atoms. The van der Waals surface area contributed by atoms with Gasteiger partial charge in [0, 0.05) is 6.92 Å². The van der Waals surface area contributed by atoms with Crippen molar-refractivity contribution in [2.24, 2.45) is 0 Å². The van der Waals surface area contributed by atoms with E-state index in [1.165, 1.54) is 6.92 Å². The van der Waals surface area contributed by atoms with Crippen LogP contribution in [0.5, 0.6) is 0 Å². The number of nitrogens with one attached hydrogen (secondary N) is 1. The number of hydrogen-bond donors (Lipinski definition) is 4. The lowest BCUT2D eigenvalue weighted by Crippen LogP contribution is -2.64. The highest BCUT2D eigenvalue weighted by Crippen LogP contribution is 2.37. The van der Waals surface area contributed by atoms with E-state index in [0.29, 0.717) is 0 Å². The third-order valence-corrected chi connectivity index (χ3v) is 9.01. The summed E-state index contributed by atoms with van der Waals surface area (Å²) in [6.45, 7) is 11.7. The molecular formula is C14H29NO6Si. The minimum absolute atomic E-state index is 0.00255. The molecule has 22 heavy (non-hydrogen) atoms. The van der Waals surface area contributed by atoms with Crippen LogP contribution in [0.1, 0.15) is 27.7 Å². The van der Waals surface area contributed by atoms with Gasteiger partial charge in [-0.1, -0.05) is 20.8 Å². The van der Waals surface area contributed by atoms with Crippen molar-refractivity contribution in [3.63, 3.8) is 0 Å².